The van der Waals surface area contributed by atoms with E-state index in [1.807, 2.05) is 72.8 Å². The highest BCUT2D eigenvalue weighted by atomic mass is 35.5. The third-order valence-electron chi connectivity index (χ3n) is 3.31. The maximum Gasteiger partial charge on any atom is 0.0474 e. The molecule has 0 atom stereocenters. The van der Waals surface area contributed by atoms with Gasteiger partial charge in [0.1, 0.15) is 0 Å². The van der Waals surface area contributed by atoms with E-state index in [-0.39, 0.29) is 0 Å². The molecule has 3 rings (SSSR count). The van der Waals surface area contributed by atoms with Gasteiger partial charge in [-0.1, -0.05) is 72.3 Å². The van der Waals surface area contributed by atoms with Crippen molar-refractivity contribution < 1.29 is 0 Å². The quantitative estimate of drug-likeness (QED) is 0.637. The summed E-state index contributed by atoms with van der Waals surface area (Å²) in [7, 11) is 0. The van der Waals surface area contributed by atoms with Crippen LogP contribution in [0.2, 0.25) is 5.02 Å². The fourth-order valence-electron chi connectivity index (χ4n) is 2.33. The number of hydrogen-bond acceptors (Lipinski definition) is 1. The molecule has 1 nitrogen and oxygen atoms in total. The van der Waals surface area contributed by atoms with E-state index in [1.165, 1.54) is 0 Å². The summed E-state index contributed by atoms with van der Waals surface area (Å²) >= 11 is 6.27. The van der Waals surface area contributed by atoms with Gasteiger partial charge in [-0.05, 0) is 23.3 Å². The summed E-state index contributed by atoms with van der Waals surface area (Å²) in [5.74, 6) is 0. The molecule has 0 spiro atoms. The molecule has 0 aliphatic carbocycles. The summed E-state index contributed by atoms with van der Waals surface area (Å²) < 4.78 is 0. The molecular formula is C18H14ClN. The third-order valence-corrected chi connectivity index (χ3v) is 3.53. The van der Waals surface area contributed by atoms with E-state index < -0.39 is 0 Å². The number of rotatable bonds is 2. The van der Waals surface area contributed by atoms with Crippen LogP contribution in [0.25, 0.3) is 22.3 Å². The van der Waals surface area contributed by atoms with Crippen LogP contribution in [0, 0.1) is 0 Å². The Balaban J connectivity index is 2.22. The molecule has 0 saturated carbocycles. The van der Waals surface area contributed by atoms with Gasteiger partial charge in [0, 0.05) is 21.8 Å². The van der Waals surface area contributed by atoms with Crippen LogP contribution in [0.4, 0.5) is 5.69 Å². The van der Waals surface area contributed by atoms with Crippen LogP contribution in [0.15, 0.2) is 72.8 Å². The highest BCUT2D eigenvalue weighted by molar-refractivity contribution is 6.31. The summed E-state index contributed by atoms with van der Waals surface area (Å²) in [5, 5.41) is 0.692. The van der Waals surface area contributed by atoms with Crippen molar-refractivity contribution in [3.63, 3.8) is 0 Å². The number of anilines is 1. The SMILES string of the molecule is Nc1c(-c2ccccc2)cc(Cl)cc1-c1ccccc1. The van der Waals surface area contributed by atoms with E-state index in [1.54, 1.807) is 0 Å². The first-order chi connectivity index (χ1) is 9.75. The average molecular weight is 280 g/mol. The second kappa shape index (κ2) is 5.40. The number of nitrogens with two attached hydrogens (primary N) is 1. The zero-order valence-electron chi connectivity index (χ0n) is 10.9. The van der Waals surface area contributed by atoms with Gasteiger partial charge in [-0.3, -0.25) is 0 Å². The zero-order valence-corrected chi connectivity index (χ0v) is 11.6. The van der Waals surface area contributed by atoms with E-state index >= 15 is 0 Å². The van der Waals surface area contributed by atoms with Crippen LogP contribution in [0.1, 0.15) is 0 Å². The Morgan fingerprint density at radius 1 is 0.650 bits per heavy atom. The van der Waals surface area contributed by atoms with Gasteiger partial charge in [0.15, 0.2) is 0 Å². The number of hydrogen-bond donors (Lipinski definition) is 1. The molecule has 0 aliphatic rings. The molecule has 0 saturated heterocycles. The Hall–Kier alpha value is -2.25. The molecule has 0 aromatic heterocycles. The van der Waals surface area contributed by atoms with Crippen LogP contribution in [-0.4, -0.2) is 0 Å². The van der Waals surface area contributed by atoms with E-state index in [4.69, 9.17) is 17.3 Å². The summed E-state index contributed by atoms with van der Waals surface area (Å²) in [5.41, 5.74) is 11.2. The molecule has 2 heteroatoms. The molecule has 3 aromatic rings. The molecule has 0 amide bonds. The van der Waals surface area contributed by atoms with Crippen LogP contribution < -0.4 is 5.73 Å². The molecular weight excluding hydrogens is 266 g/mol. The predicted molar refractivity (Wildman–Crippen MR) is 86.7 cm³/mol. The van der Waals surface area contributed by atoms with Crippen molar-refractivity contribution in [2.24, 2.45) is 0 Å². The minimum absolute atomic E-state index is 0.692. The van der Waals surface area contributed by atoms with Crippen molar-refractivity contribution in [1.29, 1.82) is 0 Å². The summed E-state index contributed by atoms with van der Waals surface area (Å²) in [6, 6.07) is 24.0. The van der Waals surface area contributed by atoms with Gasteiger partial charge in [-0.25, -0.2) is 0 Å². The maximum atomic E-state index is 6.36. The van der Waals surface area contributed by atoms with E-state index in [9.17, 15) is 0 Å². The van der Waals surface area contributed by atoms with Gasteiger partial charge in [0.2, 0.25) is 0 Å². The Bertz CT molecular complexity index is 660. The first-order valence-corrected chi connectivity index (χ1v) is 6.83. The third kappa shape index (κ3) is 2.40. The number of benzene rings is 3. The van der Waals surface area contributed by atoms with Crippen molar-refractivity contribution in [3.8, 4) is 22.3 Å². The van der Waals surface area contributed by atoms with Crippen molar-refractivity contribution in [2.45, 2.75) is 0 Å². The van der Waals surface area contributed by atoms with Gasteiger partial charge >= 0.3 is 0 Å². The Kier molecular flexibility index (Phi) is 3.44. The molecule has 3 aromatic carbocycles. The Morgan fingerprint density at radius 2 is 1.05 bits per heavy atom. The van der Waals surface area contributed by atoms with Crippen molar-refractivity contribution in [2.75, 3.05) is 5.73 Å². The Morgan fingerprint density at radius 3 is 1.45 bits per heavy atom. The normalized spacial score (nSPS) is 10.4. The number of nitrogen functional groups attached to an aromatic ring is 1. The van der Waals surface area contributed by atoms with Gasteiger partial charge < -0.3 is 5.73 Å². The zero-order chi connectivity index (χ0) is 13.9. The average Bonchev–Trinajstić information content (AvgIpc) is 2.51. The van der Waals surface area contributed by atoms with Gasteiger partial charge in [0.05, 0.1) is 0 Å². The van der Waals surface area contributed by atoms with Gasteiger partial charge in [0.25, 0.3) is 0 Å². The molecule has 0 heterocycles. The molecule has 98 valence electrons. The lowest BCUT2D eigenvalue weighted by atomic mass is 9.96. The summed E-state index contributed by atoms with van der Waals surface area (Å²) in [4.78, 5) is 0. The smallest absolute Gasteiger partial charge is 0.0474 e. The summed E-state index contributed by atoms with van der Waals surface area (Å²) in [6.45, 7) is 0. The minimum atomic E-state index is 0.692. The van der Waals surface area contributed by atoms with E-state index in [0.29, 0.717) is 5.02 Å². The summed E-state index contributed by atoms with van der Waals surface area (Å²) in [6.07, 6.45) is 0. The van der Waals surface area contributed by atoms with Gasteiger partial charge in [-0.2, -0.15) is 0 Å². The maximum absolute atomic E-state index is 6.36. The van der Waals surface area contributed by atoms with Gasteiger partial charge in [-0.15, -0.1) is 0 Å². The molecule has 0 unspecified atom stereocenters. The lowest BCUT2D eigenvalue weighted by molar-refractivity contribution is 1.58. The van der Waals surface area contributed by atoms with Crippen molar-refractivity contribution in [3.05, 3.63) is 77.8 Å². The predicted octanol–water partition coefficient (Wildman–Crippen LogP) is 5.26. The van der Waals surface area contributed by atoms with Crippen LogP contribution in [-0.2, 0) is 0 Å². The van der Waals surface area contributed by atoms with Crippen LogP contribution in [0.5, 0.6) is 0 Å². The first-order valence-electron chi connectivity index (χ1n) is 6.45. The fraction of sp³-hybridized carbons (Fsp3) is 0. The van der Waals surface area contributed by atoms with Crippen LogP contribution >= 0.6 is 11.6 Å². The Labute approximate surface area is 123 Å². The largest absolute Gasteiger partial charge is 0.398 e. The molecule has 20 heavy (non-hydrogen) atoms. The second-order valence-corrected chi connectivity index (χ2v) is 5.08. The lowest BCUT2D eigenvalue weighted by Gasteiger charge is -2.12. The molecule has 0 fully saturated rings. The molecule has 2 N–H and O–H groups in total. The number of halogens is 1. The minimum Gasteiger partial charge on any atom is -0.398 e. The van der Waals surface area contributed by atoms with Crippen molar-refractivity contribution in [1.82, 2.24) is 0 Å². The monoisotopic (exact) mass is 279 g/mol. The van der Waals surface area contributed by atoms with Crippen molar-refractivity contribution >= 4 is 17.3 Å². The van der Waals surface area contributed by atoms with E-state index in [0.717, 1.165) is 27.9 Å². The lowest BCUT2D eigenvalue weighted by Crippen LogP contribution is -1.94. The molecule has 0 aliphatic heterocycles. The highest BCUT2D eigenvalue weighted by Gasteiger charge is 2.10. The molecule has 0 radical (unpaired) electrons. The second-order valence-electron chi connectivity index (χ2n) is 4.65. The van der Waals surface area contributed by atoms with Crippen LogP contribution in [0.3, 0.4) is 0 Å². The molecule has 0 bridgehead atoms. The standard InChI is InChI=1S/C18H14ClN/c19-15-11-16(13-7-3-1-4-8-13)18(20)17(12-15)14-9-5-2-6-10-14/h1-12H,20H2. The topological polar surface area (TPSA) is 26.0 Å². The first kappa shape index (κ1) is 12.8. The highest BCUT2D eigenvalue weighted by Crippen LogP contribution is 2.37. The van der Waals surface area contributed by atoms with E-state index in [2.05, 4.69) is 0 Å². The fourth-order valence-corrected chi connectivity index (χ4v) is 2.55.